The maximum atomic E-state index is 11.9. The number of hydrogen-bond donors (Lipinski definition) is 0. The molecule has 1 aliphatic heterocycles. The highest BCUT2D eigenvalue weighted by atomic mass is 32.2. The predicted octanol–water partition coefficient (Wildman–Crippen LogP) is 1.88. The minimum absolute atomic E-state index is 0.211. The van der Waals surface area contributed by atoms with Gasteiger partial charge in [0.25, 0.3) is 0 Å². The van der Waals surface area contributed by atoms with Gasteiger partial charge >= 0.3 is 5.97 Å². The number of methoxy groups -OCH3 is 1. The first-order chi connectivity index (χ1) is 8.49. The van der Waals surface area contributed by atoms with Crippen molar-refractivity contribution in [1.29, 1.82) is 0 Å². The second-order valence-corrected chi connectivity index (χ2v) is 5.89. The van der Waals surface area contributed by atoms with Crippen LogP contribution in [0.25, 0.3) is 0 Å². The van der Waals surface area contributed by atoms with Crippen LogP contribution in [-0.2, 0) is 27.4 Å². The van der Waals surface area contributed by atoms with Crippen molar-refractivity contribution in [3.8, 4) is 0 Å². The van der Waals surface area contributed by atoms with Crippen molar-refractivity contribution in [3.05, 3.63) is 40.3 Å². The van der Waals surface area contributed by atoms with Gasteiger partial charge in [-0.15, -0.1) is 0 Å². The molecular formula is C13H14O4S. The Morgan fingerprint density at radius 3 is 2.72 bits per heavy atom. The van der Waals surface area contributed by atoms with Gasteiger partial charge in [-0.3, -0.25) is 0 Å². The van der Waals surface area contributed by atoms with Gasteiger partial charge in [-0.2, -0.15) is 0 Å². The fourth-order valence-electron chi connectivity index (χ4n) is 2.07. The number of esters is 1. The summed E-state index contributed by atoms with van der Waals surface area (Å²) in [5.41, 5.74) is 1.88. The van der Waals surface area contributed by atoms with E-state index < -0.39 is 15.8 Å². The SMILES string of the molecule is CCc1cc2c(cc1C(=O)OC)S(=O)(=O)C=CC2. The van der Waals surface area contributed by atoms with Crippen molar-refractivity contribution in [2.75, 3.05) is 7.11 Å². The van der Waals surface area contributed by atoms with E-state index in [0.29, 0.717) is 18.4 Å². The second kappa shape index (κ2) is 4.57. The van der Waals surface area contributed by atoms with Crippen LogP contribution in [0.2, 0.25) is 0 Å². The number of sulfone groups is 1. The van der Waals surface area contributed by atoms with Gasteiger partial charge in [-0.25, -0.2) is 13.2 Å². The molecular weight excluding hydrogens is 252 g/mol. The van der Waals surface area contributed by atoms with Crippen LogP contribution in [0.4, 0.5) is 0 Å². The first-order valence-electron chi connectivity index (χ1n) is 5.65. The molecule has 1 aromatic carbocycles. The Hall–Kier alpha value is -1.62. The summed E-state index contributed by atoms with van der Waals surface area (Å²) in [6.07, 6.45) is 2.85. The maximum absolute atomic E-state index is 11.9. The Morgan fingerprint density at radius 2 is 2.11 bits per heavy atom. The lowest BCUT2D eigenvalue weighted by atomic mass is 10.00. The third-order valence-corrected chi connectivity index (χ3v) is 4.54. The zero-order valence-corrected chi connectivity index (χ0v) is 11.1. The third-order valence-electron chi connectivity index (χ3n) is 2.99. The highest BCUT2D eigenvalue weighted by Gasteiger charge is 2.23. The Labute approximate surface area is 106 Å². The van der Waals surface area contributed by atoms with Crippen LogP contribution in [0.5, 0.6) is 0 Å². The van der Waals surface area contributed by atoms with Crippen LogP contribution in [0.15, 0.2) is 28.5 Å². The Bertz CT molecular complexity index is 627. The predicted molar refractivity (Wildman–Crippen MR) is 67.2 cm³/mol. The molecule has 0 spiro atoms. The molecule has 0 unspecified atom stereocenters. The van der Waals surface area contributed by atoms with Crippen LogP contribution in [0, 0.1) is 0 Å². The first-order valence-corrected chi connectivity index (χ1v) is 7.20. The van der Waals surface area contributed by atoms with Crippen LogP contribution < -0.4 is 0 Å². The van der Waals surface area contributed by atoms with Gasteiger partial charge in [-0.1, -0.05) is 19.1 Å². The molecule has 0 aromatic heterocycles. The number of carbonyl (C=O) groups excluding carboxylic acids is 1. The number of rotatable bonds is 2. The lowest BCUT2D eigenvalue weighted by Crippen LogP contribution is -2.12. The molecule has 0 N–H and O–H groups in total. The van der Waals surface area contributed by atoms with E-state index in [0.717, 1.165) is 11.1 Å². The topological polar surface area (TPSA) is 60.4 Å². The number of ether oxygens (including phenoxy) is 1. The summed E-state index contributed by atoms with van der Waals surface area (Å²) in [7, 11) is -2.13. The molecule has 1 aliphatic rings. The molecule has 0 bridgehead atoms. The van der Waals surface area contributed by atoms with E-state index in [9.17, 15) is 13.2 Å². The smallest absolute Gasteiger partial charge is 0.338 e. The lowest BCUT2D eigenvalue weighted by Gasteiger charge is -2.15. The van der Waals surface area contributed by atoms with Gasteiger partial charge < -0.3 is 4.74 Å². The van der Waals surface area contributed by atoms with E-state index in [-0.39, 0.29) is 4.90 Å². The number of benzene rings is 1. The van der Waals surface area contributed by atoms with E-state index in [1.165, 1.54) is 18.6 Å². The van der Waals surface area contributed by atoms with Crippen LogP contribution in [-0.4, -0.2) is 21.5 Å². The molecule has 0 amide bonds. The molecule has 4 nitrogen and oxygen atoms in total. The second-order valence-electron chi connectivity index (χ2n) is 4.08. The minimum atomic E-state index is -3.42. The van der Waals surface area contributed by atoms with Crippen LogP contribution >= 0.6 is 0 Å². The molecule has 0 atom stereocenters. The third kappa shape index (κ3) is 2.06. The molecule has 2 rings (SSSR count). The van der Waals surface area contributed by atoms with Crippen molar-refractivity contribution in [1.82, 2.24) is 0 Å². The molecule has 5 heteroatoms. The normalized spacial score (nSPS) is 16.1. The molecule has 0 fully saturated rings. The highest BCUT2D eigenvalue weighted by Crippen LogP contribution is 2.27. The van der Waals surface area contributed by atoms with Gasteiger partial charge in [0.05, 0.1) is 17.6 Å². The number of fused-ring (bicyclic) bond motifs is 1. The van der Waals surface area contributed by atoms with Gasteiger partial charge in [0, 0.05) is 5.41 Å². The average Bonchev–Trinajstić information content (AvgIpc) is 2.36. The van der Waals surface area contributed by atoms with Gasteiger partial charge in [-0.05, 0) is 30.0 Å². The summed E-state index contributed by atoms with van der Waals surface area (Å²) in [6, 6.07) is 3.21. The zero-order valence-electron chi connectivity index (χ0n) is 10.3. The summed E-state index contributed by atoms with van der Waals surface area (Å²) < 4.78 is 28.5. The van der Waals surface area contributed by atoms with E-state index >= 15 is 0 Å². The Balaban J connectivity index is 2.69. The molecule has 18 heavy (non-hydrogen) atoms. The molecule has 0 saturated carbocycles. The largest absolute Gasteiger partial charge is 0.465 e. The van der Waals surface area contributed by atoms with Crippen LogP contribution in [0.3, 0.4) is 0 Å². The molecule has 0 saturated heterocycles. The minimum Gasteiger partial charge on any atom is -0.465 e. The number of allylic oxidation sites excluding steroid dienone is 1. The van der Waals surface area contributed by atoms with Crippen molar-refractivity contribution in [2.24, 2.45) is 0 Å². The summed E-state index contributed by atoms with van der Waals surface area (Å²) in [6.45, 7) is 1.92. The van der Waals surface area contributed by atoms with Crippen LogP contribution in [0.1, 0.15) is 28.4 Å². The fraction of sp³-hybridized carbons (Fsp3) is 0.308. The molecule has 1 heterocycles. The standard InChI is InChI=1S/C13H14O4S/c1-3-9-7-10-5-4-6-18(15,16)12(10)8-11(9)13(14)17-2/h4,6-8H,3,5H2,1-2H3. The summed E-state index contributed by atoms with van der Waals surface area (Å²) in [5.74, 6) is -0.501. The van der Waals surface area contributed by atoms with Crippen molar-refractivity contribution >= 4 is 15.8 Å². The van der Waals surface area contributed by atoms with Crippen molar-refractivity contribution in [3.63, 3.8) is 0 Å². The Morgan fingerprint density at radius 1 is 1.39 bits per heavy atom. The summed E-state index contributed by atoms with van der Waals surface area (Å²) >= 11 is 0. The van der Waals surface area contributed by atoms with Crippen molar-refractivity contribution in [2.45, 2.75) is 24.7 Å². The van der Waals surface area contributed by atoms with E-state index in [4.69, 9.17) is 0 Å². The number of aryl methyl sites for hydroxylation is 1. The summed E-state index contributed by atoms with van der Waals surface area (Å²) in [5, 5.41) is 1.18. The zero-order chi connectivity index (χ0) is 13.3. The van der Waals surface area contributed by atoms with Gasteiger partial charge in [0.2, 0.25) is 0 Å². The maximum Gasteiger partial charge on any atom is 0.338 e. The molecule has 0 radical (unpaired) electrons. The number of hydrogen-bond acceptors (Lipinski definition) is 4. The van der Waals surface area contributed by atoms with E-state index in [2.05, 4.69) is 4.74 Å². The molecule has 0 aliphatic carbocycles. The average molecular weight is 266 g/mol. The van der Waals surface area contributed by atoms with Gasteiger partial charge in [0.1, 0.15) is 0 Å². The van der Waals surface area contributed by atoms with Gasteiger partial charge in [0.15, 0.2) is 9.84 Å². The van der Waals surface area contributed by atoms with E-state index in [1.54, 1.807) is 12.1 Å². The summed E-state index contributed by atoms with van der Waals surface area (Å²) in [4.78, 5) is 11.9. The highest BCUT2D eigenvalue weighted by molar-refractivity contribution is 7.94. The monoisotopic (exact) mass is 266 g/mol. The number of carbonyl (C=O) groups is 1. The Kier molecular flexibility index (Phi) is 3.26. The molecule has 96 valence electrons. The first kappa shape index (κ1) is 12.8. The fourth-order valence-corrected chi connectivity index (χ4v) is 3.35. The quantitative estimate of drug-likeness (QED) is 0.767. The molecule has 1 aromatic rings. The lowest BCUT2D eigenvalue weighted by molar-refractivity contribution is 0.0599. The van der Waals surface area contributed by atoms with Crippen molar-refractivity contribution < 1.29 is 17.9 Å². The van der Waals surface area contributed by atoms with E-state index in [1.807, 2.05) is 6.92 Å².